The molecule has 0 unspecified atom stereocenters. The molecule has 0 atom stereocenters. The number of benzene rings is 1. The van der Waals surface area contributed by atoms with Crippen LogP contribution in [0.2, 0.25) is 0 Å². The van der Waals surface area contributed by atoms with Crippen LogP contribution in [-0.4, -0.2) is 0 Å². The Labute approximate surface area is 93.2 Å². The fraction of sp³-hybridized carbons (Fsp3) is 0.111. The molecule has 0 saturated carbocycles. The van der Waals surface area contributed by atoms with Gasteiger partial charge in [0.15, 0.2) is 0 Å². The molecule has 1 aromatic carbocycles. The first kappa shape index (κ1) is 12.8. The van der Waals surface area contributed by atoms with E-state index in [4.69, 9.17) is 5.73 Å². The summed E-state index contributed by atoms with van der Waals surface area (Å²) in [5.74, 6) is -2.85. The van der Waals surface area contributed by atoms with Gasteiger partial charge in [0, 0.05) is 17.3 Å². The maximum atomic E-state index is 13.1. The van der Waals surface area contributed by atoms with E-state index in [1.54, 1.807) is 0 Å². The largest absolute Gasteiger partial charge is 0.419 e. The third-order valence-electron chi connectivity index (χ3n) is 1.81. The molecule has 0 amide bonds. The molecule has 0 bridgehead atoms. The fourth-order valence-electron chi connectivity index (χ4n) is 1.06. The van der Waals surface area contributed by atoms with E-state index in [-0.39, 0.29) is 11.8 Å². The normalized spacial score (nSPS) is 13.0. The number of nitrogens with two attached hydrogens (primary N) is 1. The topological polar surface area (TPSA) is 26.0 Å². The second-order valence-electron chi connectivity index (χ2n) is 2.89. The minimum absolute atomic E-state index is 0.141. The molecule has 0 saturated heterocycles. The molecule has 0 fully saturated rings. The van der Waals surface area contributed by atoms with Gasteiger partial charge in [-0.25, -0.2) is 8.78 Å². The quantitative estimate of drug-likeness (QED) is 0.585. The summed E-state index contributed by atoms with van der Waals surface area (Å²) in [6, 6.07) is 0.453. The first-order chi connectivity index (χ1) is 7.27. The predicted octanol–water partition coefficient (Wildman–Crippen LogP) is 3.17. The standard InChI is InChI=1S/C9H6F5NS/c10-6-2-7(11)5(9(12,13)14)1-4(6)8(15)3-16/h1-3,16H,15H2/b8-3-. The third kappa shape index (κ3) is 2.46. The molecule has 0 aliphatic carbocycles. The van der Waals surface area contributed by atoms with Crippen LogP contribution in [0.4, 0.5) is 22.0 Å². The van der Waals surface area contributed by atoms with Gasteiger partial charge in [0.1, 0.15) is 11.6 Å². The number of hydrogen-bond acceptors (Lipinski definition) is 2. The Balaban J connectivity index is 3.45. The van der Waals surface area contributed by atoms with Gasteiger partial charge in [0.05, 0.1) is 5.56 Å². The van der Waals surface area contributed by atoms with Crippen molar-refractivity contribution in [1.29, 1.82) is 0 Å². The fourth-order valence-corrected chi connectivity index (χ4v) is 1.20. The van der Waals surface area contributed by atoms with Gasteiger partial charge in [-0.05, 0) is 11.5 Å². The molecule has 2 N–H and O–H groups in total. The van der Waals surface area contributed by atoms with Gasteiger partial charge < -0.3 is 5.73 Å². The number of thiol groups is 1. The van der Waals surface area contributed by atoms with Crippen LogP contribution in [0.1, 0.15) is 11.1 Å². The van der Waals surface area contributed by atoms with Crippen LogP contribution in [0.15, 0.2) is 17.5 Å². The van der Waals surface area contributed by atoms with E-state index in [1.165, 1.54) is 0 Å². The summed E-state index contributed by atoms with van der Waals surface area (Å²) >= 11 is 3.58. The number of hydrogen-bond donors (Lipinski definition) is 2. The Bertz CT molecular complexity index is 438. The van der Waals surface area contributed by atoms with Gasteiger partial charge in [-0.1, -0.05) is 0 Å². The Hall–Kier alpha value is -1.24. The highest BCUT2D eigenvalue weighted by molar-refractivity contribution is 7.83. The van der Waals surface area contributed by atoms with Crippen molar-refractivity contribution in [1.82, 2.24) is 0 Å². The Morgan fingerprint density at radius 2 is 1.75 bits per heavy atom. The maximum absolute atomic E-state index is 13.1. The van der Waals surface area contributed by atoms with Crippen molar-refractivity contribution < 1.29 is 22.0 Å². The molecule has 16 heavy (non-hydrogen) atoms. The SMILES string of the molecule is N/C(=C\S)c1cc(C(F)(F)F)c(F)cc1F. The van der Waals surface area contributed by atoms with Crippen molar-refractivity contribution in [2.75, 3.05) is 0 Å². The molecular formula is C9H6F5NS. The molecule has 0 aliphatic rings. The van der Waals surface area contributed by atoms with E-state index in [2.05, 4.69) is 12.6 Å². The van der Waals surface area contributed by atoms with Crippen molar-refractivity contribution in [3.63, 3.8) is 0 Å². The zero-order valence-corrected chi connectivity index (χ0v) is 8.54. The minimum atomic E-state index is -4.90. The van der Waals surface area contributed by atoms with Crippen molar-refractivity contribution in [3.05, 3.63) is 40.3 Å². The molecule has 88 valence electrons. The van der Waals surface area contributed by atoms with Crippen LogP contribution in [-0.2, 0) is 6.18 Å². The highest BCUT2D eigenvalue weighted by Gasteiger charge is 2.35. The van der Waals surface area contributed by atoms with Gasteiger partial charge in [0.25, 0.3) is 0 Å². The van der Waals surface area contributed by atoms with Crippen LogP contribution in [0.25, 0.3) is 5.70 Å². The van der Waals surface area contributed by atoms with Crippen molar-refractivity contribution in [2.45, 2.75) is 6.18 Å². The van der Waals surface area contributed by atoms with Crippen molar-refractivity contribution in [2.24, 2.45) is 5.73 Å². The lowest BCUT2D eigenvalue weighted by molar-refractivity contribution is -0.140. The second-order valence-corrected chi connectivity index (χ2v) is 3.15. The summed E-state index contributed by atoms with van der Waals surface area (Å²) < 4.78 is 62.8. The molecule has 1 aromatic rings. The lowest BCUT2D eigenvalue weighted by Gasteiger charge is -2.11. The molecule has 0 aromatic heterocycles. The zero-order chi connectivity index (χ0) is 12.5. The monoisotopic (exact) mass is 255 g/mol. The van der Waals surface area contributed by atoms with E-state index < -0.39 is 28.9 Å². The van der Waals surface area contributed by atoms with Gasteiger partial charge >= 0.3 is 6.18 Å². The predicted molar refractivity (Wildman–Crippen MR) is 52.5 cm³/mol. The molecule has 0 spiro atoms. The molecule has 7 heteroatoms. The summed E-state index contributed by atoms with van der Waals surface area (Å²) in [6.45, 7) is 0. The summed E-state index contributed by atoms with van der Waals surface area (Å²) in [5, 5.41) is 0.927. The van der Waals surface area contributed by atoms with E-state index >= 15 is 0 Å². The molecular weight excluding hydrogens is 249 g/mol. The lowest BCUT2D eigenvalue weighted by atomic mass is 10.1. The molecule has 0 heterocycles. The molecule has 0 aliphatic heterocycles. The summed E-state index contributed by atoms with van der Waals surface area (Å²) in [4.78, 5) is 0. The lowest BCUT2D eigenvalue weighted by Crippen LogP contribution is -2.11. The minimum Gasteiger partial charge on any atom is -0.398 e. The van der Waals surface area contributed by atoms with Crippen LogP contribution in [0, 0.1) is 11.6 Å². The summed E-state index contributed by atoms with van der Waals surface area (Å²) in [7, 11) is 0. The van der Waals surface area contributed by atoms with Crippen molar-refractivity contribution in [3.8, 4) is 0 Å². The Morgan fingerprint density at radius 1 is 1.19 bits per heavy atom. The zero-order valence-electron chi connectivity index (χ0n) is 7.65. The van der Waals surface area contributed by atoms with Gasteiger partial charge in [-0.15, -0.1) is 12.6 Å². The van der Waals surface area contributed by atoms with Crippen molar-refractivity contribution >= 4 is 18.3 Å². The van der Waals surface area contributed by atoms with Crippen LogP contribution < -0.4 is 5.73 Å². The number of rotatable bonds is 1. The van der Waals surface area contributed by atoms with E-state index in [0.29, 0.717) is 6.07 Å². The van der Waals surface area contributed by atoms with Gasteiger partial charge in [0.2, 0.25) is 0 Å². The van der Waals surface area contributed by atoms with E-state index in [0.717, 1.165) is 5.41 Å². The van der Waals surface area contributed by atoms with Crippen LogP contribution in [0.5, 0.6) is 0 Å². The van der Waals surface area contributed by atoms with Gasteiger partial charge in [-0.3, -0.25) is 0 Å². The molecule has 1 rings (SSSR count). The Kier molecular flexibility index (Phi) is 3.47. The highest BCUT2D eigenvalue weighted by atomic mass is 32.1. The average Bonchev–Trinajstić information content (AvgIpc) is 2.14. The van der Waals surface area contributed by atoms with Crippen LogP contribution in [0.3, 0.4) is 0 Å². The first-order valence-corrected chi connectivity index (χ1v) is 4.45. The average molecular weight is 255 g/mol. The van der Waals surface area contributed by atoms with Crippen LogP contribution >= 0.6 is 12.6 Å². The van der Waals surface area contributed by atoms with E-state index in [1.807, 2.05) is 0 Å². The molecule has 0 radical (unpaired) electrons. The first-order valence-electron chi connectivity index (χ1n) is 3.94. The smallest absolute Gasteiger partial charge is 0.398 e. The second kappa shape index (κ2) is 4.32. The summed E-state index contributed by atoms with van der Waals surface area (Å²) in [6.07, 6.45) is -4.90. The van der Waals surface area contributed by atoms with E-state index in [9.17, 15) is 22.0 Å². The number of alkyl halides is 3. The summed E-state index contributed by atoms with van der Waals surface area (Å²) in [5.41, 5.74) is 2.79. The molecule has 1 nitrogen and oxygen atoms in total. The number of halogens is 5. The third-order valence-corrected chi connectivity index (χ3v) is 2.09. The van der Waals surface area contributed by atoms with Gasteiger partial charge in [-0.2, -0.15) is 13.2 Å². The Morgan fingerprint density at radius 3 is 2.19 bits per heavy atom. The highest BCUT2D eigenvalue weighted by Crippen LogP contribution is 2.33. The maximum Gasteiger partial charge on any atom is 0.419 e.